The highest BCUT2D eigenvalue weighted by Gasteiger charge is 2.24. The molecule has 0 spiro atoms. The Bertz CT molecular complexity index is 997. The van der Waals surface area contributed by atoms with Crippen molar-refractivity contribution in [3.63, 3.8) is 0 Å². The van der Waals surface area contributed by atoms with Crippen LogP contribution in [-0.2, 0) is 22.4 Å². The number of aromatic nitrogens is 1. The summed E-state index contributed by atoms with van der Waals surface area (Å²) in [5.41, 5.74) is 2.52. The van der Waals surface area contributed by atoms with Crippen LogP contribution in [0.2, 0.25) is 0 Å². The number of amides is 1. The first-order valence-electron chi connectivity index (χ1n) is 9.22. The van der Waals surface area contributed by atoms with Crippen molar-refractivity contribution in [3.8, 4) is 5.75 Å². The number of hydrogen-bond acceptors (Lipinski definition) is 5. The van der Waals surface area contributed by atoms with Gasteiger partial charge in [-0.2, -0.15) is 0 Å². The molecule has 7 heteroatoms. The molecule has 2 N–H and O–H groups in total. The van der Waals surface area contributed by atoms with Gasteiger partial charge in [0.2, 0.25) is 5.91 Å². The van der Waals surface area contributed by atoms with Gasteiger partial charge in [-0.25, -0.2) is 9.78 Å². The SMILES string of the molecule is O=C(CCCc1nc2ccccc2s1)NC(C(=O)O)c1ccc2c(c1)CCO2. The number of benzene rings is 2. The Balaban J connectivity index is 1.35. The lowest BCUT2D eigenvalue weighted by atomic mass is 10.0. The normalized spacial score (nSPS) is 13.7. The maximum atomic E-state index is 12.3. The van der Waals surface area contributed by atoms with Crippen molar-refractivity contribution in [2.24, 2.45) is 0 Å². The number of para-hydroxylation sites is 1. The second-order valence-corrected chi connectivity index (χ2v) is 7.85. The molecule has 144 valence electrons. The number of rotatable bonds is 7. The molecular formula is C21H20N2O4S. The molecule has 1 aromatic heterocycles. The topological polar surface area (TPSA) is 88.5 Å². The highest BCUT2D eigenvalue weighted by molar-refractivity contribution is 7.18. The molecular weight excluding hydrogens is 376 g/mol. The van der Waals surface area contributed by atoms with Crippen molar-refractivity contribution in [2.75, 3.05) is 6.61 Å². The van der Waals surface area contributed by atoms with Crippen LogP contribution in [0.3, 0.4) is 0 Å². The highest BCUT2D eigenvalue weighted by atomic mass is 32.1. The van der Waals surface area contributed by atoms with Crippen LogP contribution in [0.1, 0.15) is 35.0 Å². The van der Waals surface area contributed by atoms with Gasteiger partial charge in [-0.3, -0.25) is 4.79 Å². The summed E-state index contributed by atoms with van der Waals surface area (Å²) in [5, 5.41) is 13.2. The summed E-state index contributed by atoms with van der Waals surface area (Å²) in [6.45, 7) is 0.606. The summed E-state index contributed by atoms with van der Waals surface area (Å²) in [6.07, 6.45) is 2.33. The number of fused-ring (bicyclic) bond motifs is 2. The molecule has 2 aromatic carbocycles. The van der Waals surface area contributed by atoms with Crippen molar-refractivity contribution in [2.45, 2.75) is 31.7 Å². The second kappa shape index (κ2) is 7.98. The van der Waals surface area contributed by atoms with Gasteiger partial charge in [-0.1, -0.05) is 18.2 Å². The predicted octanol–water partition coefficient (Wildman–Crippen LogP) is 3.50. The lowest BCUT2D eigenvalue weighted by Crippen LogP contribution is -2.33. The zero-order chi connectivity index (χ0) is 19.5. The van der Waals surface area contributed by atoms with E-state index in [1.54, 1.807) is 23.5 Å². The standard InChI is InChI=1S/C21H20N2O4S/c24-18(6-3-7-19-22-15-4-1-2-5-17(15)28-19)23-20(21(25)26)14-8-9-16-13(12-14)10-11-27-16/h1-2,4-5,8-9,12,20H,3,6-7,10-11H2,(H,23,24)(H,25,26). The van der Waals surface area contributed by atoms with Gasteiger partial charge in [0.15, 0.2) is 6.04 Å². The molecule has 3 aromatic rings. The van der Waals surface area contributed by atoms with Gasteiger partial charge in [0, 0.05) is 12.8 Å². The molecule has 1 aliphatic heterocycles. The van der Waals surface area contributed by atoms with Gasteiger partial charge in [0.25, 0.3) is 0 Å². The minimum absolute atomic E-state index is 0.258. The molecule has 1 atom stereocenters. The molecule has 2 heterocycles. The minimum Gasteiger partial charge on any atom is -0.493 e. The first-order valence-corrected chi connectivity index (χ1v) is 10.0. The van der Waals surface area contributed by atoms with Crippen LogP contribution in [0.15, 0.2) is 42.5 Å². The molecule has 1 amide bonds. The fraction of sp³-hybridized carbons (Fsp3) is 0.286. The molecule has 0 radical (unpaired) electrons. The van der Waals surface area contributed by atoms with Crippen LogP contribution in [-0.4, -0.2) is 28.6 Å². The Morgan fingerprint density at radius 3 is 2.93 bits per heavy atom. The predicted molar refractivity (Wildman–Crippen MR) is 107 cm³/mol. The number of nitrogens with one attached hydrogen (secondary N) is 1. The fourth-order valence-corrected chi connectivity index (χ4v) is 4.34. The quantitative estimate of drug-likeness (QED) is 0.638. The number of carboxylic acids is 1. The smallest absolute Gasteiger partial charge is 0.330 e. The van der Waals surface area contributed by atoms with E-state index in [2.05, 4.69) is 10.3 Å². The Labute approximate surface area is 166 Å². The molecule has 0 bridgehead atoms. The maximum Gasteiger partial charge on any atom is 0.330 e. The summed E-state index contributed by atoms with van der Waals surface area (Å²) >= 11 is 1.63. The van der Waals surface area contributed by atoms with E-state index in [4.69, 9.17) is 4.74 Å². The van der Waals surface area contributed by atoms with E-state index in [1.165, 1.54) is 0 Å². The zero-order valence-electron chi connectivity index (χ0n) is 15.2. The van der Waals surface area contributed by atoms with E-state index in [1.807, 2.05) is 30.3 Å². The van der Waals surface area contributed by atoms with Crippen molar-refractivity contribution in [1.82, 2.24) is 10.3 Å². The van der Waals surface area contributed by atoms with Crippen LogP contribution in [0.4, 0.5) is 0 Å². The van der Waals surface area contributed by atoms with Gasteiger partial charge in [-0.05, 0) is 48.2 Å². The van der Waals surface area contributed by atoms with E-state index >= 15 is 0 Å². The number of nitrogens with zero attached hydrogens (tertiary/aromatic N) is 1. The number of aliphatic carboxylic acids is 1. The zero-order valence-corrected chi connectivity index (χ0v) is 16.0. The van der Waals surface area contributed by atoms with Crippen molar-refractivity contribution < 1.29 is 19.4 Å². The summed E-state index contributed by atoms with van der Waals surface area (Å²) in [4.78, 5) is 28.5. The van der Waals surface area contributed by atoms with E-state index in [0.717, 1.165) is 33.0 Å². The first kappa shape index (κ1) is 18.4. The Hall–Kier alpha value is -2.93. The highest BCUT2D eigenvalue weighted by Crippen LogP contribution is 2.28. The maximum absolute atomic E-state index is 12.3. The summed E-state index contributed by atoms with van der Waals surface area (Å²) < 4.78 is 6.58. The summed E-state index contributed by atoms with van der Waals surface area (Å²) in [5.74, 6) is -0.557. The van der Waals surface area contributed by atoms with Crippen molar-refractivity contribution in [1.29, 1.82) is 0 Å². The molecule has 28 heavy (non-hydrogen) atoms. The molecule has 6 nitrogen and oxygen atoms in total. The van der Waals surface area contributed by atoms with Gasteiger partial charge >= 0.3 is 5.97 Å². The average molecular weight is 396 g/mol. The third-order valence-corrected chi connectivity index (χ3v) is 5.83. The molecule has 0 aliphatic carbocycles. The largest absolute Gasteiger partial charge is 0.493 e. The van der Waals surface area contributed by atoms with Crippen molar-refractivity contribution in [3.05, 3.63) is 58.6 Å². The van der Waals surface area contributed by atoms with Gasteiger partial charge < -0.3 is 15.2 Å². The van der Waals surface area contributed by atoms with Crippen LogP contribution in [0, 0.1) is 0 Å². The first-order chi connectivity index (χ1) is 13.6. The van der Waals surface area contributed by atoms with E-state index in [9.17, 15) is 14.7 Å². The third kappa shape index (κ3) is 3.99. The van der Waals surface area contributed by atoms with E-state index in [-0.39, 0.29) is 12.3 Å². The monoisotopic (exact) mass is 396 g/mol. The van der Waals surface area contributed by atoms with Gasteiger partial charge in [-0.15, -0.1) is 11.3 Å². The average Bonchev–Trinajstić information content (AvgIpc) is 3.31. The Kier molecular flexibility index (Phi) is 5.25. The molecule has 0 saturated heterocycles. The Morgan fingerprint density at radius 2 is 2.11 bits per heavy atom. The van der Waals surface area contributed by atoms with Gasteiger partial charge in [0.05, 0.1) is 21.8 Å². The van der Waals surface area contributed by atoms with Crippen LogP contribution < -0.4 is 10.1 Å². The lowest BCUT2D eigenvalue weighted by molar-refractivity contribution is -0.142. The number of aryl methyl sites for hydroxylation is 1. The molecule has 0 saturated carbocycles. The summed E-state index contributed by atoms with van der Waals surface area (Å²) in [6, 6.07) is 12.2. The molecule has 1 aliphatic rings. The number of carbonyl (C=O) groups excluding carboxylic acids is 1. The van der Waals surface area contributed by atoms with E-state index < -0.39 is 12.0 Å². The Morgan fingerprint density at radius 1 is 1.25 bits per heavy atom. The lowest BCUT2D eigenvalue weighted by Gasteiger charge is -2.15. The van der Waals surface area contributed by atoms with Crippen LogP contribution in [0.25, 0.3) is 10.2 Å². The number of ether oxygens (including phenoxy) is 1. The number of thiazole rings is 1. The number of carboxylic acid groups (broad SMARTS) is 1. The van der Waals surface area contributed by atoms with Crippen LogP contribution >= 0.6 is 11.3 Å². The molecule has 4 rings (SSSR count). The van der Waals surface area contributed by atoms with E-state index in [0.29, 0.717) is 25.0 Å². The molecule has 0 fully saturated rings. The third-order valence-electron chi connectivity index (χ3n) is 4.73. The minimum atomic E-state index is -1.07. The summed E-state index contributed by atoms with van der Waals surface area (Å²) in [7, 11) is 0. The van der Waals surface area contributed by atoms with Crippen molar-refractivity contribution >= 4 is 33.4 Å². The second-order valence-electron chi connectivity index (χ2n) is 6.73. The number of carbonyl (C=O) groups is 2. The fourth-order valence-electron chi connectivity index (χ4n) is 3.33. The number of hydrogen-bond donors (Lipinski definition) is 2. The van der Waals surface area contributed by atoms with Gasteiger partial charge in [0.1, 0.15) is 5.75 Å². The van der Waals surface area contributed by atoms with Crippen LogP contribution in [0.5, 0.6) is 5.75 Å². The molecule has 1 unspecified atom stereocenters.